The monoisotopic (exact) mass is 291 g/mol. The number of carbonyl (C=O) groups is 2. The van der Waals surface area contributed by atoms with E-state index in [-0.39, 0.29) is 31.1 Å². The Hall–Kier alpha value is -1.18. The molecule has 0 radical (unpaired) electrons. The molecular formula is C13H25NO6. The normalized spacial score (nSPS) is 11.3. The standard InChI is InChI=1S/C13H25NO6/c1-13(2,3)10-14-11(15)8-19-6-4-18-5-7-20-9-12(16)17/h4-10H2,1-3H3,(H,14,15)(H,16,17). The van der Waals surface area contributed by atoms with Crippen LogP contribution < -0.4 is 5.32 Å². The molecule has 0 unspecified atom stereocenters. The number of nitrogens with one attached hydrogen (secondary N) is 1. The Balaban J connectivity index is 3.27. The van der Waals surface area contributed by atoms with Crippen molar-refractivity contribution in [1.29, 1.82) is 0 Å². The number of aliphatic carboxylic acids is 1. The molecule has 0 bridgehead atoms. The van der Waals surface area contributed by atoms with Crippen LogP contribution in [0.15, 0.2) is 0 Å². The maximum absolute atomic E-state index is 11.4. The van der Waals surface area contributed by atoms with Crippen LogP contribution in [0.5, 0.6) is 0 Å². The smallest absolute Gasteiger partial charge is 0.329 e. The van der Waals surface area contributed by atoms with Gasteiger partial charge in [-0.15, -0.1) is 0 Å². The SMILES string of the molecule is CC(C)(C)CNC(=O)COCCOCCOCC(=O)O. The van der Waals surface area contributed by atoms with Crippen molar-refractivity contribution in [1.82, 2.24) is 5.32 Å². The maximum Gasteiger partial charge on any atom is 0.329 e. The largest absolute Gasteiger partial charge is 0.480 e. The predicted molar refractivity (Wildman–Crippen MR) is 72.6 cm³/mol. The summed E-state index contributed by atoms with van der Waals surface area (Å²) in [4.78, 5) is 21.5. The molecule has 0 spiro atoms. The van der Waals surface area contributed by atoms with Gasteiger partial charge in [-0.05, 0) is 5.41 Å². The predicted octanol–water partition coefficient (Wildman–Crippen LogP) is 0.283. The number of carboxylic acids is 1. The Bertz CT molecular complexity index is 287. The minimum Gasteiger partial charge on any atom is -0.480 e. The van der Waals surface area contributed by atoms with Crippen molar-refractivity contribution in [3.8, 4) is 0 Å². The first-order valence-corrected chi connectivity index (χ1v) is 6.53. The van der Waals surface area contributed by atoms with Gasteiger partial charge in [0.05, 0.1) is 26.4 Å². The lowest BCUT2D eigenvalue weighted by Gasteiger charge is -2.18. The Morgan fingerprint density at radius 2 is 1.45 bits per heavy atom. The Labute approximate surface area is 119 Å². The van der Waals surface area contributed by atoms with Gasteiger partial charge in [0.2, 0.25) is 5.91 Å². The van der Waals surface area contributed by atoms with E-state index in [1.165, 1.54) is 0 Å². The first kappa shape index (κ1) is 18.8. The fraction of sp³-hybridized carbons (Fsp3) is 0.846. The number of carbonyl (C=O) groups excluding carboxylic acids is 1. The third kappa shape index (κ3) is 14.9. The Morgan fingerprint density at radius 3 is 1.95 bits per heavy atom. The van der Waals surface area contributed by atoms with Gasteiger partial charge in [0.25, 0.3) is 0 Å². The van der Waals surface area contributed by atoms with Gasteiger partial charge in [0.15, 0.2) is 0 Å². The second kappa shape index (κ2) is 10.6. The van der Waals surface area contributed by atoms with Crippen LogP contribution in [0.3, 0.4) is 0 Å². The maximum atomic E-state index is 11.4. The third-order valence-corrected chi connectivity index (χ3v) is 2.02. The van der Waals surface area contributed by atoms with Gasteiger partial charge in [0.1, 0.15) is 13.2 Å². The molecule has 20 heavy (non-hydrogen) atoms. The van der Waals surface area contributed by atoms with Crippen LogP contribution in [0, 0.1) is 5.41 Å². The molecule has 0 aromatic rings. The summed E-state index contributed by atoms with van der Waals surface area (Å²) in [6, 6.07) is 0. The lowest BCUT2D eigenvalue weighted by molar-refractivity contribution is -0.142. The highest BCUT2D eigenvalue weighted by atomic mass is 16.5. The summed E-state index contributed by atoms with van der Waals surface area (Å²) < 4.78 is 15.0. The molecular weight excluding hydrogens is 266 g/mol. The minimum atomic E-state index is -1.00. The molecule has 0 heterocycles. The van der Waals surface area contributed by atoms with Crippen molar-refractivity contribution in [2.75, 3.05) is 46.2 Å². The molecule has 7 nitrogen and oxygen atoms in total. The highest BCUT2D eigenvalue weighted by Crippen LogP contribution is 2.09. The zero-order chi connectivity index (χ0) is 15.4. The topological polar surface area (TPSA) is 94.1 Å². The average molecular weight is 291 g/mol. The van der Waals surface area contributed by atoms with E-state index in [0.29, 0.717) is 26.4 Å². The molecule has 0 aromatic heterocycles. The van der Waals surface area contributed by atoms with E-state index in [2.05, 4.69) is 5.32 Å². The molecule has 118 valence electrons. The molecule has 0 aromatic carbocycles. The summed E-state index contributed by atoms with van der Waals surface area (Å²) in [5, 5.41) is 11.1. The van der Waals surface area contributed by atoms with E-state index in [0.717, 1.165) is 0 Å². The number of rotatable bonds is 11. The molecule has 2 N–H and O–H groups in total. The number of hydrogen-bond donors (Lipinski definition) is 2. The highest BCUT2D eigenvalue weighted by Gasteiger charge is 2.11. The molecule has 0 atom stereocenters. The molecule has 1 amide bonds. The van der Waals surface area contributed by atoms with Crippen molar-refractivity contribution in [2.24, 2.45) is 5.41 Å². The van der Waals surface area contributed by atoms with E-state index in [1.54, 1.807) is 0 Å². The van der Waals surface area contributed by atoms with Crippen LogP contribution in [0.4, 0.5) is 0 Å². The summed E-state index contributed by atoms with van der Waals surface area (Å²) in [6.07, 6.45) is 0. The molecule has 0 fully saturated rings. The lowest BCUT2D eigenvalue weighted by atomic mass is 9.97. The van der Waals surface area contributed by atoms with Crippen LogP contribution >= 0.6 is 0 Å². The first-order valence-electron chi connectivity index (χ1n) is 6.53. The zero-order valence-electron chi connectivity index (χ0n) is 12.4. The molecule has 0 saturated heterocycles. The summed E-state index contributed by atoms with van der Waals surface area (Å²) in [5.74, 6) is -1.15. The summed E-state index contributed by atoms with van der Waals surface area (Å²) in [5.41, 5.74) is 0.0503. The molecule has 0 saturated carbocycles. The van der Waals surface area contributed by atoms with Gasteiger partial charge in [-0.1, -0.05) is 20.8 Å². The van der Waals surface area contributed by atoms with Gasteiger partial charge in [-0.3, -0.25) is 4.79 Å². The van der Waals surface area contributed by atoms with Crippen molar-refractivity contribution in [3.05, 3.63) is 0 Å². The molecule has 7 heteroatoms. The van der Waals surface area contributed by atoms with E-state index in [9.17, 15) is 9.59 Å². The van der Waals surface area contributed by atoms with Gasteiger partial charge >= 0.3 is 5.97 Å². The minimum absolute atomic E-state index is 0.00888. The Kier molecular flexibility index (Phi) is 9.96. The zero-order valence-corrected chi connectivity index (χ0v) is 12.4. The van der Waals surface area contributed by atoms with Gasteiger partial charge in [0, 0.05) is 6.54 Å². The number of carboxylic acid groups (broad SMARTS) is 1. The van der Waals surface area contributed by atoms with Crippen molar-refractivity contribution in [2.45, 2.75) is 20.8 Å². The quantitative estimate of drug-likeness (QED) is 0.531. The van der Waals surface area contributed by atoms with E-state index in [4.69, 9.17) is 19.3 Å². The molecule has 0 aliphatic carbocycles. The summed E-state index contributed by atoms with van der Waals surface area (Å²) in [6.45, 7) is 7.56. The van der Waals surface area contributed by atoms with Gasteiger partial charge < -0.3 is 24.6 Å². The van der Waals surface area contributed by atoms with Crippen molar-refractivity contribution >= 4 is 11.9 Å². The van der Waals surface area contributed by atoms with E-state index in [1.807, 2.05) is 20.8 Å². The molecule has 0 rings (SSSR count). The van der Waals surface area contributed by atoms with Crippen LogP contribution in [0.2, 0.25) is 0 Å². The van der Waals surface area contributed by atoms with Crippen molar-refractivity contribution in [3.63, 3.8) is 0 Å². The average Bonchev–Trinajstić information content (AvgIpc) is 2.33. The number of amides is 1. The van der Waals surface area contributed by atoms with E-state index >= 15 is 0 Å². The summed E-state index contributed by atoms with van der Waals surface area (Å²) >= 11 is 0. The van der Waals surface area contributed by atoms with Crippen LogP contribution in [-0.4, -0.2) is 63.2 Å². The Morgan fingerprint density at radius 1 is 0.950 bits per heavy atom. The summed E-state index contributed by atoms with van der Waals surface area (Å²) in [7, 11) is 0. The molecule has 0 aliphatic heterocycles. The van der Waals surface area contributed by atoms with Crippen molar-refractivity contribution < 1.29 is 28.9 Å². The highest BCUT2D eigenvalue weighted by molar-refractivity contribution is 5.77. The van der Waals surface area contributed by atoms with Crippen LogP contribution in [0.25, 0.3) is 0 Å². The fourth-order valence-corrected chi connectivity index (χ4v) is 1.08. The fourth-order valence-electron chi connectivity index (χ4n) is 1.08. The number of ether oxygens (including phenoxy) is 3. The van der Waals surface area contributed by atoms with Crippen LogP contribution in [0.1, 0.15) is 20.8 Å². The van der Waals surface area contributed by atoms with E-state index < -0.39 is 5.97 Å². The second-order valence-electron chi connectivity index (χ2n) is 5.45. The van der Waals surface area contributed by atoms with Gasteiger partial charge in [-0.2, -0.15) is 0 Å². The molecule has 0 aliphatic rings. The third-order valence-electron chi connectivity index (χ3n) is 2.02. The van der Waals surface area contributed by atoms with Gasteiger partial charge in [-0.25, -0.2) is 4.79 Å². The lowest BCUT2D eigenvalue weighted by Crippen LogP contribution is -2.34. The second-order valence-corrected chi connectivity index (χ2v) is 5.45. The van der Waals surface area contributed by atoms with Crippen LogP contribution in [-0.2, 0) is 23.8 Å². The first-order chi connectivity index (χ1) is 9.31. The number of hydrogen-bond acceptors (Lipinski definition) is 5.